The highest BCUT2D eigenvalue weighted by atomic mass is 19.4. The first kappa shape index (κ1) is 11.3. The Kier molecular flexibility index (Phi) is 3.39. The average Bonchev–Trinajstić information content (AvgIpc) is 2.01. The van der Waals surface area contributed by atoms with Gasteiger partial charge in [0, 0.05) is 6.42 Å². The fourth-order valence-corrected chi connectivity index (χ4v) is 2.07. The number of carbonyl (C=O) groups is 1. The monoisotopic (exact) mass is 210 g/mol. The molecule has 0 aromatic heterocycles. The number of carboxylic acid groups (broad SMARTS) is 1. The molecule has 14 heavy (non-hydrogen) atoms. The molecule has 0 bridgehead atoms. The second-order valence-corrected chi connectivity index (χ2v) is 3.81. The van der Waals surface area contributed by atoms with Crippen LogP contribution in [-0.2, 0) is 4.79 Å². The van der Waals surface area contributed by atoms with E-state index in [0.29, 0.717) is 19.3 Å². The second-order valence-electron chi connectivity index (χ2n) is 3.81. The first-order chi connectivity index (χ1) is 6.40. The van der Waals surface area contributed by atoms with Gasteiger partial charge >= 0.3 is 12.1 Å². The summed E-state index contributed by atoms with van der Waals surface area (Å²) in [7, 11) is 0. The van der Waals surface area contributed by atoms with Gasteiger partial charge in [-0.1, -0.05) is 12.8 Å². The van der Waals surface area contributed by atoms with Crippen molar-refractivity contribution in [2.24, 2.45) is 11.8 Å². The fourth-order valence-electron chi connectivity index (χ4n) is 2.07. The highest BCUT2D eigenvalue weighted by Gasteiger charge is 2.39. The number of hydrogen-bond donors (Lipinski definition) is 1. The van der Waals surface area contributed by atoms with Gasteiger partial charge in [0.15, 0.2) is 0 Å². The fraction of sp³-hybridized carbons (Fsp3) is 0.889. The normalized spacial score (nSPS) is 28.8. The van der Waals surface area contributed by atoms with E-state index in [9.17, 15) is 18.0 Å². The Bertz CT molecular complexity index is 213. The van der Waals surface area contributed by atoms with Crippen LogP contribution in [0, 0.1) is 11.8 Å². The Morgan fingerprint density at radius 1 is 1.29 bits per heavy atom. The average molecular weight is 210 g/mol. The molecule has 0 spiro atoms. The van der Waals surface area contributed by atoms with Crippen molar-refractivity contribution in [3.8, 4) is 0 Å². The standard InChI is InChI=1S/C9H13F3O2/c10-9(11,12)5-6-3-1-2-4-7(6)8(13)14/h6-7H,1-5H2,(H,13,14)/t6-,7-/m1/s1. The zero-order chi connectivity index (χ0) is 10.8. The van der Waals surface area contributed by atoms with Crippen molar-refractivity contribution in [1.29, 1.82) is 0 Å². The van der Waals surface area contributed by atoms with E-state index in [-0.39, 0.29) is 0 Å². The molecule has 1 aliphatic carbocycles. The summed E-state index contributed by atoms with van der Waals surface area (Å²) < 4.78 is 36.3. The van der Waals surface area contributed by atoms with E-state index in [0.717, 1.165) is 6.42 Å². The van der Waals surface area contributed by atoms with Crippen molar-refractivity contribution >= 4 is 5.97 Å². The zero-order valence-corrected chi connectivity index (χ0v) is 7.68. The first-order valence-electron chi connectivity index (χ1n) is 4.69. The molecule has 0 heterocycles. The van der Waals surface area contributed by atoms with Gasteiger partial charge in [-0.2, -0.15) is 13.2 Å². The molecule has 1 fully saturated rings. The van der Waals surface area contributed by atoms with Gasteiger partial charge in [-0.05, 0) is 18.8 Å². The molecule has 0 radical (unpaired) electrons. The summed E-state index contributed by atoms with van der Waals surface area (Å²) in [5.41, 5.74) is 0. The zero-order valence-electron chi connectivity index (χ0n) is 7.68. The molecule has 0 saturated heterocycles. The molecule has 0 aliphatic heterocycles. The molecule has 82 valence electrons. The lowest BCUT2D eigenvalue weighted by Gasteiger charge is -2.28. The van der Waals surface area contributed by atoms with Crippen LogP contribution in [0.4, 0.5) is 13.2 Å². The van der Waals surface area contributed by atoms with Gasteiger partial charge in [0.2, 0.25) is 0 Å². The summed E-state index contributed by atoms with van der Waals surface area (Å²) in [6.07, 6.45) is -2.98. The summed E-state index contributed by atoms with van der Waals surface area (Å²) in [6, 6.07) is 0. The highest BCUT2D eigenvalue weighted by Crippen LogP contribution is 2.37. The highest BCUT2D eigenvalue weighted by molar-refractivity contribution is 5.70. The van der Waals surface area contributed by atoms with E-state index in [2.05, 4.69) is 0 Å². The molecule has 1 N–H and O–H groups in total. The van der Waals surface area contributed by atoms with Gasteiger partial charge < -0.3 is 5.11 Å². The third kappa shape index (κ3) is 3.20. The van der Waals surface area contributed by atoms with E-state index in [1.165, 1.54) is 0 Å². The lowest BCUT2D eigenvalue weighted by atomic mass is 9.77. The second kappa shape index (κ2) is 4.19. The van der Waals surface area contributed by atoms with Crippen molar-refractivity contribution in [3.05, 3.63) is 0 Å². The van der Waals surface area contributed by atoms with E-state index < -0.39 is 30.4 Å². The minimum atomic E-state index is -4.24. The summed E-state index contributed by atoms with van der Waals surface area (Å²) in [6.45, 7) is 0. The smallest absolute Gasteiger partial charge is 0.389 e. The molecular weight excluding hydrogens is 197 g/mol. The van der Waals surface area contributed by atoms with Crippen LogP contribution in [0.25, 0.3) is 0 Å². The molecule has 1 saturated carbocycles. The van der Waals surface area contributed by atoms with Crippen molar-refractivity contribution in [1.82, 2.24) is 0 Å². The SMILES string of the molecule is O=C(O)[C@@H]1CCCC[C@@H]1CC(F)(F)F. The van der Waals surface area contributed by atoms with Crippen LogP contribution in [0.5, 0.6) is 0 Å². The quantitative estimate of drug-likeness (QED) is 0.760. The number of carboxylic acids is 1. The van der Waals surface area contributed by atoms with Crippen molar-refractivity contribution in [2.45, 2.75) is 38.3 Å². The number of halogens is 3. The Morgan fingerprint density at radius 2 is 1.86 bits per heavy atom. The molecule has 5 heteroatoms. The Balaban J connectivity index is 2.59. The largest absolute Gasteiger partial charge is 0.481 e. The Hall–Kier alpha value is -0.740. The summed E-state index contributed by atoms with van der Waals surface area (Å²) in [4.78, 5) is 10.7. The van der Waals surface area contributed by atoms with Gasteiger partial charge in [-0.3, -0.25) is 4.79 Å². The minimum absolute atomic E-state index is 0.385. The first-order valence-corrected chi connectivity index (χ1v) is 4.69. The van der Waals surface area contributed by atoms with E-state index in [4.69, 9.17) is 5.11 Å². The third-order valence-corrected chi connectivity index (χ3v) is 2.72. The van der Waals surface area contributed by atoms with Crippen LogP contribution in [0.1, 0.15) is 32.1 Å². The van der Waals surface area contributed by atoms with Gasteiger partial charge in [0.05, 0.1) is 5.92 Å². The summed E-state index contributed by atoms with van der Waals surface area (Å²) in [5, 5.41) is 8.74. The van der Waals surface area contributed by atoms with E-state index >= 15 is 0 Å². The maximum absolute atomic E-state index is 12.1. The lowest BCUT2D eigenvalue weighted by molar-refractivity contribution is -0.160. The molecular formula is C9H13F3O2. The van der Waals surface area contributed by atoms with Crippen molar-refractivity contribution < 1.29 is 23.1 Å². The number of hydrogen-bond acceptors (Lipinski definition) is 1. The van der Waals surface area contributed by atoms with Gasteiger partial charge in [0.25, 0.3) is 0 Å². The van der Waals surface area contributed by atoms with Crippen molar-refractivity contribution in [3.63, 3.8) is 0 Å². The van der Waals surface area contributed by atoms with Crippen LogP contribution in [-0.4, -0.2) is 17.3 Å². The maximum atomic E-state index is 12.1. The number of alkyl halides is 3. The molecule has 1 aliphatic rings. The van der Waals surface area contributed by atoms with Crippen LogP contribution in [0.2, 0.25) is 0 Å². The van der Waals surface area contributed by atoms with Crippen LogP contribution >= 0.6 is 0 Å². The van der Waals surface area contributed by atoms with Crippen LogP contribution in [0.15, 0.2) is 0 Å². The maximum Gasteiger partial charge on any atom is 0.389 e. The molecule has 2 atom stereocenters. The molecule has 0 unspecified atom stereocenters. The topological polar surface area (TPSA) is 37.3 Å². The predicted molar refractivity (Wildman–Crippen MR) is 43.8 cm³/mol. The summed E-state index contributed by atoms with van der Waals surface area (Å²) in [5.74, 6) is -2.61. The number of rotatable bonds is 2. The number of aliphatic carboxylic acids is 1. The van der Waals surface area contributed by atoms with Crippen molar-refractivity contribution in [2.75, 3.05) is 0 Å². The van der Waals surface area contributed by atoms with Gasteiger partial charge in [-0.25, -0.2) is 0 Å². The predicted octanol–water partition coefficient (Wildman–Crippen LogP) is 2.83. The van der Waals surface area contributed by atoms with Crippen LogP contribution < -0.4 is 0 Å². The Morgan fingerprint density at radius 3 is 2.36 bits per heavy atom. The van der Waals surface area contributed by atoms with E-state index in [1.807, 2.05) is 0 Å². The summed E-state index contributed by atoms with van der Waals surface area (Å²) >= 11 is 0. The van der Waals surface area contributed by atoms with Crippen LogP contribution in [0.3, 0.4) is 0 Å². The van der Waals surface area contributed by atoms with E-state index in [1.54, 1.807) is 0 Å². The molecule has 0 amide bonds. The minimum Gasteiger partial charge on any atom is -0.481 e. The molecule has 0 aromatic rings. The third-order valence-electron chi connectivity index (χ3n) is 2.72. The Labute approximate surface area is 80.1 Å². The molecule has 1 rings (SSSR count). The molecule has 2 nitrogen and oxygen atoms in total. The van der Waals surface area contributed by atoms with Gasteiger partial charge in [-0.15, -0.1) is 0 Å². The molecule has 0 aromatic carbocycles. The lowest BCUT2D eigenvalue weighted by Crippen LogP contribution is -2.30. The van der Waals surface area contributed by atoms with Gasteiger partial charge in [0.1, 0.15) is 0 Å².